The fraction of sp³-hybridized carbons (Fsp3) is 0.125. The molecule has 0 aliphatic heterocycles. The van der Waals surface area contributed by atoms with Crippen LogP contribution in [-0.4, -0.2) is 15.8 Å². The van der Waals surface area contributed by atoms with E-state index in [1.807, 2.05) is 36.5 Å². The summed E-state index contributed by atoms with van der Waals surface area (Å²) in [7, 11) is 0. The topological polar surface area (TPSA) is 25.8 Å². The molecule has 0 saturated heterocycles. The van der Waals surface area contributed by atoms with E-state index in [4.69, 9.17) is 16.6 Å². The van der Waals surface area contributed by atoms with Crippen LogP contribution in [0.3, 0.4) is 0 Å². The van der Waals surface area contributed by atoms with Crippen molar-refractivity contribution in [3.63, 3.8) is 0 Å². The molecule has 0 amide bonds. The maximum atomic E-state index is 5.92. The van der Waals surface area contributed by atoms with Gasteiger partial charge in [0.15, 0.2) is 0 Å². The van der Waals surface area contributed by atoms with Crippen LogP contribution < -0.4 is 0 Å². The van der Waals surface area contributed by atoms with Gasteiger partial charge in [-0.1, -0.05) is 30.3 Å². The van der Waals surface area contributed by atoms with E-state index < -0.39 is 0 Å². The van der Waals surface area contributed by atoms with E-state index in [2.05, 4.69) is 17.1 Å². The number of rotatable bonds is 4. The molecule has 0 N–H and O–H groups in total. The van der Waals surface area contributed by atoms with Gasteiger partial charge in [-0.2, -0.15) is 0 Å². The van der Waals surface area contributed by atoms with Gasteiger partial charge >= 0.3 is 0 Å². The van der Waals surface area contributed by atoms with Crippen LogP contribution in [0.2, 0.25) is 0 Å². The number of aryl methyl sites for hydroxylation is 1. The number of nitrogens with zero attached hydrogens (tertiary/aromatic N) is 2. The second kappa shape index (κ2) is 6.16. The van der Waals surface area contributed by atoms with Gasteiger partial charge in [-0.15, -0.1) is 22.9 Å². The largest absolute Gasteiger partial charge is 0.264 e. The normalized spacial score (nSPS) is 10.7. The first-order valence-corrected chi connectivity index (χ1v) is 7.75. The number of alkyl halides is 1. The van der Waals surface area contributed by atoms with E-state index in [0.717, 1.165) is 28.2 Å². The number of thiazole rings is 1. The van der Waals surface area contributed by atoms with Crippen molar-refractivity contribution in [2.24, 2.45) is 0 Å². The van der Waals surface area contributed by atoms with Gasteiger partial charge in [0.25, 0.3) is 0 Å². The lowest BCUT2D eigenvalue weighted by molar-refractivity contribution is 1.18. The van der Waals surface area contributed by atoms with Crippen molar-refractivity contribution in [1.29, 1.82) is 0 Å². The molecule has 0 aliphatic carbocycles. The molecule has 0 radical (unpaired) electrons. The Morgan fingerprint density at radius 1 is 1.00 bits per heavy atom. The lowest BCUT2D eigenvalue weighted by Gasteiger charge is -1.99. The summed E-state index contributed by atoms with van der Waals surface area (Å²) >= 11 is 7.61. The first-order chi connectivity index (χ1) is 9.88. The van der Waals surface area contributed by atoms with Gasteiger partial charge in [0, 0.05) is 34.3 Å². The smallest absolute Gasteiger partial charge is 0.125 e. The average molecular weight is 301 g/mol. The maximum Gasteiger partial charge on any atom is 0.125 e. The Bertz CT molecular complexity index is 680. The van der Waals surface area contributed by atoms with E-state index in [1.54, 1.807) is 17.5 Å². The second-order valence-corrected chi connectivity index (χ2v) is 5.80. The molecular weight excluding hydrogens is 288 g/mol. The Hall–Kier alpha value is -1.71. The van der Waals surface area contributed by atoms with Crippen LogP contribution in [0.1, 0.15) is 4.88 Å². The van der Waals surface area contributed by atoms with Crippen molar-refractivity contribution in [2.45, 2.75) is 6.42 Å². The van der Waals surface area contributed by atoms with Gasteiger partial charge in [0.1, 0.15) is 5.01 Å². The molecule has 100 valence electrons. The highest BCUT2D eigenvalue weighted by molar-refractivity contribution is 7.15. The summed E-state index contributed by atoms with van der Waals surface area (Å²) in [5, 5.41) is 0.997. The third kappa shape index (κ3) is 2.74. The maximum absolute atomic E-state index is 5.92. The summed E-state index contributed by atoms with van der Waals surface area (Å²) in [6.45, 7) is 0. The lowest BCUT2D eigenvalue weighted by atomic mass is 10.1. The SMILES string of the molecule is ClCCc1sc(-c2cccnc2)nc1-c1ccccc1. The summed E-state index contributed by atoms with van der Waals surface area (Å²) in [6.07, 6.45) is 4.46. The lowest BCUT2D eigenvalue weighted by Crippen LogP contribution is -1.86. The Morgan fingerprint density at radius 3 is 2.50 bits per heavy atom. The van der Waals surface area contributed by atoms with Crippen molar-refractivity contribution < 1.29 is 0 Å². The van der Waals surface area contributed by atoms with Gasteiger partial charge < -0.3 is 0 Å². The van der Waals surface area contributed by atoms with E-state index in [1.165, 1.54) is 4.88 Å². The molecule has 2 aromatic heterocycles. The zero-order chi connectivity index (χ0) is 13.8. The van der Waals surface area contributed by atoms with Gasteiger partial charge in [0.2, 0.25) is 0 Å². The molecule has 2 nitrogen and oxygen atoms in total. The molecular formula is C16H13ClN2S. The van der Waals surface area contributed by atoms with Crippen LogP contribution in [0.15, 0.2) is 54.9 Å². The minimum absolute atomic E-state index is 0.606. The quantitative estimate of drug-likeness (QED) is 0.655. The molecule has 0 atom stereocenters. The molecule has 0 unspecified atom stereocenters. The van der Waals surface area contributed by atoms with Crippen LogP contribution in [0.5, 0.6) is 0 Å². The molecule has 0 spiro atoms. The summed E-state index contributed by atoms with van der Waals surface area (Å²) in [4.78, 5) is 10.2. The summed E-state index contributed by atoms with van der Waals surface area (Å²) < 4.78 is 0. The summed E-state index contributed by atoms with van der Waals surface area (Å²) in [5.74, 6) is 0.606. The zero-order valence-electron chi connectivity index (χ0n) is 10.8. The van der Waals surface area contributed by atoms with Gasteiger partial charge in [-0.05, 0) is 18.6 Å². The Morgan fingerprint density at radius 2 is 1.80 bits per heavy atom. The van der Waals surface area contributed by atoms with Crippen LogP contribution in [0.25, 0.3) is 21.8 Å². The van der Waals surface area contributed by atoms with Gasteiger partial charge in [0.05, 0.1) is 5.69 Å². The fourth-order valence-electron chi connectivity index (χ4n) is 2.04. The third-order valence-electron chi connectivity index (χ3n) is 2.97. The summed E-state index contributed by atoms with van der Waals surface area (Å²) in [6, 6.07) is 14.2. The van der Waals surface area contributed by atoms with E-state index >= 15 is 0 Å². The highest BCUT2D eigenvalue weighted by Gasteiger charge is 2.13. The Balaban J connectivity index is 2.08. The number of aromatic nitrogens is 2. The highest BCUT2D eigenvalue weighted by atomic mass is 35.5. The molecule has 3 rings (SSSR count). The standard InChI is InChI=1S/C16H13ClN2S/c17-9-8-14-15(12-5-2-1-3-6-12)19-16(20-14)13-7-4-10-18-11-13/h1-7,10-11H,8-9H2. The van der Waals surface area contributed by atoms with Gasteiger partial charge in [-0.3, -0.25) is 4.98 Å². The van der Waals surface area contributed by atoms with E-state index in [-0.39, 0.29) is 0 Å². The third-order valence-corrected chi connectivity index (χ3v) is 4.33. The fourth-order valence-corrected chi connectivity index (χ4v) is 3.42. The monoisotopic (exact) mass is 300 g/mol. The van der Waals surface area contributed by atoms with Crippen molar-refractivity contribution >= 4 is 22.9 Å². The molecule has 3 aromatic rings. The first-order valence-electron chi connectivity index (χ1n) is 6.40. The molecule has 4 heteroatoms. The van der Waals surface area contributed by atoms with Crippen LogP contribution in [0.4, 0.5) is 0 Å². The van der Waals surface area contributed by atoms with Crippen LogP contribution in [-0.2, 0) is 6.42 Å². The molecule has 0 saturated carbocycles. The summed E-state index contributed by atoms with van der Waals surface area (Å²) in [5.41, 5.74) is 3.23. The van der Waals surface area contributed by atoms with Crippen molar-refractivity contribution in [1.82, 2.24) is 9.97 Å². The number of pyridine rings is 1. The Labute approximate surface area is 127 Å². The molecule has 0 bridgehead atoms. The molecule has 20 heavy (non-hydrogen) atoms. The minimum Gasteiger partial charge on any atom is -0.264 e. The number of benzene rings is 1. The van der Waals surface area contributed by atoms with Crippen LogP contribution in [0, 0.1) is 0 Å². The molecule has 1 aromatic carbocycles. The van der Waals surface area contributed by atoms with Gasteiger partial charge in [-0.25, -0.2) is 4.98 Å². The van der Waals surface area contributed by atoms with E-state index in [0.29, 0.717) is 5.88 Å². The number of hydrogen-bond donors (Lipinski definition) is 0. The first kappa shape index (κ1) is 13.3. The zero-order valence-corrected chi connectivity index (χ0v) is 12.4. The van der Waals surface area contributed by atoms with Crippen LogP contribution >= 0.6 is 22.9 Å². The molecule has 0 fully saturated rings. The minimum atomic E-state index is 0.606. The van der Waals surface area contributed by atoms with Crippen molar-refractivity contribution in [2.75, 3.05) is 5.88 Å². The number of halogens is 1. The number of hydrogen-bond acceptors (Lipinski definition) is 3. The predicted molar refractivity (Wildman–Crippen MR) is 85.2 cm³/mol. The van der Waals surface area contributed by atoms with E-state index in [9.17, 15) is 0 Å². The highest BCUT2D eigenvalue weighted by Crippen LogP contribution is 2.33. The Kier molecular flexibility index (Phi) is 4.09. The van der Waals surface area contributed by atoms with Crippen molar-refractivity contribution in [3.05, 3.63) is 59.7 Å². The second-order valence-electron chi connectivity index (χ2n) is 4.34. The predicted octanol–water partition coefficient (Wildman–Crippen LogP) is 4.65. The van der Waals surface area contributed by atoms with Crippen molar-refractivity contribution in [3.8, 4) is 21.8 Å². The average Bonchev–Trinajstić information content (AvgIpc) is 2.94. The molecule has 2 heterocycles. The molecule has 0 aliphatic rings.